The summed E-state index contributed by atoms with van der Waals surface area (Å²) >= 11 is 0. The molecule has 0 aliphatic heterocycles. The number of fused-ring (bicyclic) bond motifs is 12. The van der Waals surface area contributed by atoms with Gasteiger partial charge in [0.05, 0.1) is 0 Å². The van der Waals surface area contributed by atoms with E-state index in [0.717, 1.165) is 48.7 Å². The summed E-state index contributed by atoms with van der Waals surface area (Å²) in [6.07, 6.45) is 6.86. The molecule has 0 nitrogen and oxygen atoms in total. The summed E-state index contributed by atoms with van der Waals surface area (Å²) in [5.41, 5.74) is 8.95. The first-order valence-corrected chi connectivity index (χ1v) is 14.1. The van der Waals surface area contributed by atoms with Crippen LogP contribution < -0.4 is 0 Å². The van der Waals surface area contributed by atoms with Gasteiger partial charge in [0.15, 0.2) is 0 Å². The highest BCUT2D eigenvalue weighted by Crippen LogP contribution is 3.37. The van der Waals surface area contributed by atoms with Crippen molar-refractivity contribution in [2.45, 2.75) is 39.5 Å². The molecule has 23 unspecified atom stereocenters. The van der Waals surface area contributed by atoms with Gasteiger partial charge in [-0.15, -0.1) is 0 Å². The molecule has 29 heavy (non-hydrogen) atoms. The van der Waals surface area contributed by atoms with Crippen molar-refractivity contribution in [1.82, 2.24) is 0 Å². The fraction of sp³-hybridized carbons (Fsp3) is 1.00. The van der Waals surface area contributed by atoms with Crippen LogP contribution >= 0.6 is 0 Å². The Morgan fingerprint density at radius 3 is 1.97 bits per heavy atom. The number of hydrogen-bond donors (Lipinski definition) is 0. The third-order valence-corrected chi connectivity index (χ3v) is 21.7. The van der Waals surface area contributed by atoms with Gasteiger partial charge in [-0.1, -0.05) is 13.8 Å². The van der Waals surface area contributed by atoms with Gasteiger partial charge in [0.25, 0.3) is 0 Å². The summed E-state index contributed by atoms with van der Waals surface area (Å²) in [6.45, 7) is 5.92. The zero-order valence-electron chi connectivity index (χ0n) is 17.4. The number of hydrogen-bond acceptors (Lipinski definition) is 0. The van der Waals surface area contributed by atoms with Crippen LogP contribution in [0.1, 0.15) is 39.5 Å². The van der Waals surface area contributed by atoms with Crippen LogP contribution in [0, 0.1) is 132 Å². The lowest BCUT2D eigenvalue weighted by Crippen LogP contribution is -3.34. The van der Waals surface area contributed by atoms with Gasteiger partial charge in [-0.05, 0) is 157 Å². The van der Waals surface area contributed by atoms with Crippen LogP contribution in [0.15, 0.2) is 0 Å². The third-order valence-electron chi connectivity index (χ3n) is 21.7. The van der Waals surface area contributed by atoms with Crippen molar-refractivity contribution in [3.05, 3.63) is 0 Å². The zero-order chi connectivity index (χ0) is 17.4. The Kier molecular flexibility index (Phi) is 0.827. The molecular weight excluding hydrogens is 348 g/mol. The highest BCUT2D eigenvalue weighted by Gasteiger charge is 3.35. The molecule has 16 saturated carbocycles. The van der Waals surface area contributed by atoms with E-state index in [0.29, 0.717) is 0 Å². The molecule has 23 atom stereocenters. The molecule has 7 spiro atoms. The molecule has 0 bridgehead atoms. The first-order valence-electron chi connectivity index (χ1n) is 14.1. The first-order chi connectivity index (χ1) is 14.1. The lowest BCUT2D eigenvalue weighted by molar-refractivity contribution is -0.907. The van der Waals surface area contributed by atoms with Crippen molar-refractivity contribution < 1.29 is 0 Å². The second-order valence-corrected chi connectivity index (χ2v) is 17.4. The molecule has 0 heterocycles. The summed E-state index contributed by atoms with van der Waals surface area (Å²) in [6, 6.07) is 0. The van der Waals surface area contributed by atoms with E-state index >= 15 is 0 Å². The average molecular weight is 377 g/mol. The van der Waals surface area contributed by atoms with Gasteiger partial charge in [0.2, 0.25) is 0 Å². The molecule has 0 heteroatoms. The SMILES string of the molecule is CC12C3CC4CC5C6C7C8C9C%10C%11CC%12CC%13C%14C%15C%16C1(C)C7(C8%16C9%15C%10%14C%12%11%13)C62C453. The molecule has 0 aromatic carbocycles. The van der Waals surface area contributed by atoms with Crippen LogP contribution in [-0.4, -0.2) is 0 Å². The third kappa shape index (κ3) is 0.361. The van der Waals surface area contributed by atoms with Gasteiger partial charge in [0.1, 0.15) is 0 Å². The summed E-state index contributed by atoms with van der Waals surface area (Å²) < 4.78 is 0. The normalized spacial score (nSPS) is 115. The molecular formula is C29H28. The van der Waals surface area contributed by atoms with Gasteiger partial charge in [-0.2, -0.15) is 0 Å². The van der Waals surface area contributed by atoms with E-state index in [9.17, 15) is 0 Å². The molecule has 0 aromatic heterocycles. The van der Waals surface area contributed by atoms with Gasteiger partial charge < -0.3 is 0 Å². The molecule has 0 radical (unpaired) electrons. The topological polar surface area (TPSA) is 0 Å². The Labute approximate surface area is 171 Å². The molecule has 16 rings (SSSR count). The number of rotatable bonds is 0. The molecule has 0 aromatic rings. The fourth-order valence-corrected chi connectivity index (χ4v) is 24.7. The van der Waals surface area contributed by atoms with Crippen LogP contribution in [0.4, 0.5) is 0 Å². The van der Waals surface area contributed by atoms with Crippen molar-refractivity contribution in [1.29, 1.82) is 0 Å². The van der Waals surface area contributed by atoms with E-state index < -0.39 is 0 Å². The maximum Gasteiger partial charge on any atom is -0.00624 e. The first kappa shape index (κ1) is 11.7. The zero-order valence-corrected chi connectivity index (χ0v) is 17.4. The lowest BCUT2D eigenvalue weighted by Gasteiger charge is -3.36. The maximum absolute atomic E-state index is 2.98. The van der Waals surface area contributed by atoms with Crippen LogP contribution in [-0.2, 0) is 0 Å². The molecule has 16 fully saturated rings. The predicted octanol–water partition coefficient (Wildman–Crippen LogP) is 4.31. The van der Waals surface area contributed by atoms with Crippen LogP contribution in [0.2, 0.25) is 0 Å². The summed E-state index contributed by atoms with van der Waals surface area (Å²) in [5, 5.41) is 0. The summed E-state index contributed by atoms with van der Waals surface area (Å²) in [4.78, 5) is 0. The van der Waals surface area contributed by atoms with Gasteiger partial charge in [0, 0.05) is 0 Å². The smallest absolute Gasteiger partial charge is 0.00624 e. The second-order valence-electron chi connectivity index (χ2n) is 17.4. The highest BCUT2D eigenvalue weighted by atomic mass is 15.4. The highest BCUT2D eigenvalue weighted by molar-refractivity contribution is 5.80. The Balaban J connectivity index is 1.06. The maximum atomic E-state index is 2.98. The molecule has 0 saturated heterocycles. The van der Waals surface area contributed by atoms with Crippen molar-refractivity contribution in [2.24, 2.45) is 132 Å². The summed E-state index contributed by atoms with van der Waals surface area (Å²) in [7, 11) is 0. The van der Waals surface area contributed by atoms with Gasteiger partial charge in [-0.3, -0.25) is 0 Å². The Morgan fingerprint density at radius 2 is 1.21 bits per heavy atom. The van der Waals surface area contributed by atoms with Gasteiger partial charge in [-0.25, -0.2) is 0 Å². The second kappa shape index (κ2) is 2.04. The summed E-state index contributed by atoms with van der Waals surface area (Å²) in [5.74, 6) is 18.2. The minimum Gasteiger partial charge on any atom is -0.0582 e. The molecule has 0 N–H and O–H groups in total. The van der Waals surface area contributed by atoms with Crippen LogP contribution in [0.25, 0.3) is 0 Å². The Hall–Kier alpha value is 0. The lowest BCUT2D eigenvalue weighted by atomic mass is 8.67. The molecule has 16 aliphatic rings. The van der Waals surface area contributed by atoms with E-state index in [4.69, 9.17) is 0 Å². The molecule has 144 valence electrons. The molecule has 16 aliphatic carbocycles. The average Bonchev–Trinajstić information content (AvgIpc) is 2.59. The van der Waals surface area contributed by atoms with E-state index in [-0.39, 0.29) is 0 Å². The van der Waals surface area contributed by atoms with Crippen molar-refractivity contribution in [2.75, 3.05) is 0 Å². The van der Waals surface area contributed by atoms with Crippen molar-refractivity contribution in [3.8, 4) is 0 Å². The molecule has 0 amide bonds. The Morgan fingerprint density at radius 1 is 0.517 bits per heavy atom. The fourth-order valence-electron chi connectivity index (χ4n) is 24.7. The minimum atomic E-state index is 0.857. The standard InChI is InChI=1S/C29H28/c1-21-12-6-8-5-11-15-18-17-16-13-9-3-7-4-10-14-19-20-22(21,2)29(18,28(15,21)24(8,11)12)27(17,20)26(16,19)25(13,14)23(7,9)10/h7-20H,3-6H2,1-2H3. The quantitative estimate of drug-likeness (QED) is 0.591. The monoisotopic (exact) mass is 376 g/mol. The van der Waals surface area contributed by atoms with E-state index in [2.05, 4.69) is 13.8 Å². The van der Waals surface area contributed by atoms with Crippen molar-refractivity contribution in [3.63, 3.8) is 0 Å². The van der Waals surface area contributed by atoms with Gasteiger partial charge >= 0.3 is 0 Å². The largest absolute Gasteiger partial charge is 0.0582 e. The van der Waals surface area contributed by atoms with Crippen LogP contribution in [0.3, 0.4) is 0 Å². The van der Waals surface area contributed by atoms with E-state index in [1.165, 1.54) is 82.9 Å². The Bertz CT molecular complexity index is 1330. The minimum absolute atomic E-state index is 0.857. The van der Waals surface area contributed by atoms with Crippen LogP contribution in [0.5, 0.6) is 0 Å². The van der Waals surface area contributed by atoms with Crippen molar-refractivity contribution >= 4 is 0 Å². The van der Waals surface area contributed by atoms with E-state index in [1.807, 2.05) is 0 Å². The van der Waals surface area contributed by atoms with E-state index in [1.54, 1.807) is 25.7 Å². The predicted molar refractivity (Wildman–Crippen MR) is 101 cm³/mol.